The first-order valence-electron chi connectivity index (χ1n) is 10.0. The summed E-state index contributed by atoms with van der Waals surface area (Å²) in [6.45, 7) is 10.0. The van der Waals surface area contributed by atoms with E-state index in [4.69, 9.17) is 11.6 Å². The van der Waals surface area contributed by atoms with Crippen LogP contribution in [0.1, 0.15) is 24.2 Å². The Hall–Kier alpha value is -1.48. The van der Waals surface area contributed by atoms with Crippen molar-refractivity contribution >= 4 is 47.2 Å². The van der Waals surface area contributed by atoms with Gasteiger partial charge in [0.05, 0.1) is 0 Å². The molecule has 2 aromatic rings. The van der Waals surface area contributed by atoms with Gasteiger partial charge in [-0.25, -0.2) is 4.98 Å². The lowest BCUT2D eigenvalue weighted by Gasteiger charge is -2.38. The lowest BCUT2D eigenvalue weighted by molar-refractivity contribution is 0.372. The van der Waals surface area contributed by atoms with E-state index in [0.717, 1.165) is 68.9 Å². The van der Waals surface area contributed by atoms with Crippen molar-refractivity contribution in [3.05, 3.63) is 47.0 Å². The Kier molecular flexibility index (Phi) is 9.55. The molecule has 0 unspecified atom stereocenters. The molecule has 0 bridgehead atoms. The summed E-state index contributed by atoms with van der Waals surface area (Å²) in [7, 11) is 1.87. The van der Waals surface area contributed by atoms with E-state index < -0.39 is 0 Å². The Morgan fingerprint density at radius 1 is 1.17 bits per heavy atom. The summed E-state index contributed by atoms with van der Waals surface area (Å²) in [5, 5.41) is 4.32. The van der Waals surface area contributed by atoms with Crippen LogP contribution in [-0.2, 0) is 6.54 Å². The second kappa shape index (κ2) is 11.6. The summed E-state index contributed by atoms with van der Waals surface area (Å²) in [4.78, 5) is 13.5. The molecule has 1 aliphatic heterocycles. The summed E-state index contributed by atoms with van der Waals surface area (Å²) >= 11 is 6.19. The van der Waals surface area contributed by atoms with Crippen LogP contribution in [0.2, 0.25) is 5.02 Å². The van der Waals surface area contributed by atoms with E-state index in [1.165, 1.54) is 11.3 Å². The number of aliphatic imine (C=N–C) groups is 1. The van der Waals surface area contributed by atoms with Crippen LogP contribution in [-0.4, -0.2) is 60.2 Å². The van der Waals surface area contributed by atoms with E-state index >= 15 is 0 Å². The number of halogens is 2. The molecule has 1 aromatic heterocycles. The van der Waals surface area contributed by atoms with E-state index in [1.807, 2.05) is 32.4 Å². The number of nitrogens with one attached hydrogen (secondary N) is 1. The van der Waals surface area contributed by atoms with Gasteiger partial charge in [-0.2, -0.15) is 0 Å². The Balaban J connectivity index is 0.00000300. The predicted molar refractivity (Wildman–Crippen MR) is 133 cm³/mol. The zero-order valence-electron chi connectivity index (χ0n) is 17.6. The average molecular weight is 531 g/mol. The van der Waals surface area contributed by atoms with Crippen molar-refractivity contribution in [2.75, 3.05) is 44.7 Å². The average Bonchev–Trinajstić information content (AvgIpc) is 3.12. The number of piperazine rings is 1. The van der Waals surface area contributed by atoms with Crippen molar-refractivity contribution in [3.63, 3.8) is 0 Å². The smallest absolute Gasteiger partial charge is 0.193 e. The Morgan fingerprint density at radius 2 is 1.93 bits per heavy atom. The first-order chi connectivity index (χ1) is 13.6. The number of benzene rings is 1. The van der Waals surface area contributed by atoms with Crippen molar-refractivity contribution in [3.8, 4) is 0 Å². The first kappa shape index (κ1) is 23.8. The van der Waals surface area contributed by atoms with Crippen LogP contribution in [0.25, 0.3) is 0 Å². The molecule has 160 valence electrons. The molecule has 1 saturated heterocycles. The Labute approximate surface area is 196 Å². The largest absolute Gasteiger partial charge is 0.368 e. The van der Waals surface area contributed by atoms with Crippen LogP contribution in [0, 0.1) is 13.8 Å². The number of guanidine groups is 1. The highest BCUT2D eigenvalue weighted by molar-refractivity contribution is 14.0. The molecule has 2 heterocycles. The van der Waals surface area contributed by atoms with Crippen LogP contribution in [0.4, 0.5) is 5.69 Å². The van der Waals surface area contributed by atoms with Gasteiger partial charge in [-0.05, 0) is 44.4 Å². The van der Waals surface area contributed by atoms with Gasteiger partial charge in [0.25, 0.3) is 0 Å². The maximum Gasteiger partial charge on any atom is 0.193 e. The third-order valence-electron chi connectivity index (χ3n) is 5.34. The van der Waals surface area contributed by atoms with Gasteiger partial charge in [-0.3, -0.25) is 4.99 Å². The molecule has 3 rings (SSSR count). The number of aryl methyl sites for hydroxylation is 3. The van der Waals surface area contributed by atoms with Crippen LogP contribution < -0.4 is 10.2 Å². The summed E-state index contributed by atoms with van der Waals surface area (Å²) in [5.74, 6) is 2.08. The third-order valence-corrected chi connectivity index (χ3v) is 5.57. The summed E-state index contributed by atoms with van der Waals surface area (Å²) < 4.78 is 2.20. The van der Waals surface area contributed by atoms with Gasteiger partial charge in [0, 0.05) is 69.4 Å². The van der Waals surface area contributed by atoms with Crippen molar-refractivity contribution in [2.24, 2.45) is 4.99 Å². The molecule has 0 radical (unpaired) electrons. The minimum atomic E-state index is 0. The van der Waals surface area contributed by atoms with Crippen molar-refractivity contribution in [1.29, 1.82) is 0 Å². The maximum absolute atomic E-state index is 6.19. The number of nitrogens with zero attached hydrogens (tertiary/aromatic N) is 5. The minimum Gasteiger partial charge on any atom is -0.368 e. The highest BCUT2D eigenvalue weighted by Crippen LogP contribution is 2.25. The molecule has 0 atom stereocenters. The second-order valence-electron chi connectivity index (χ2n) is 7.25. The molecule has 29 heavy (non-hydrogen) atoms. The van der Waals surface area contributed by atoms with E-state index in [0.29, 0.717) is 0 Å². The van der Waals surface area contributed by atoms with Gasteiger partial charge in [0.15, 0.2) is 5.96 Å². The molecule has 1 aliphatic rings. The van der Waals surface area contributed by atoms with Gasteiger partial charge in [0.2, 0.25) is 0 Å². The van der Waals surface area contributed by atoms with Gasteiger partial charge in [-0.15, -0.1) is 24.0 Å². The number of aromatic nitrogens is 2. The molecule has 0 spiro atoms. The third kappa shape index (κ3) is 6.50. The second-order valence-corrected chi connectivity index (χ2v) is 7.69. The van der Waals surface area contributed by atoms with Gasteiger partial charge < -0.3 is 19.7 Å². The fourth-order valence-corrected chi connectivity index (χ4v) is 3.83. The lowest BCUT2D eigenvalue weighted by atomic mass is 10.1. The standard InChI is InChI=1S/C21H31ClN6.HI/c1-17-6-7-19(22)16-20(17)27-12-14-28(15-13-27)21(23-3)25-8-4-5-10-26-11-9-24-18(26)2;/h6-7,9,11,16H,4-5,8,10,12-15H2,1-3H3,(H,23,25);1H. The monoisotopic (exact) mass is 530 g/mol. The van der Waals surface area contributed by atoms with Crippen molar-refractivity contribution < 1.29 is 0 Å². The van der Waals surface area contributed by atoms with Crippen LogP contribution in [0.15, 0.2) is 35.6 Å². The SMILES string of the molecule is CN=C(NCCCCn1ccnc1C)N1CCN(c2cc(Cl)ccc2C)CC1.I. The molecule has 6 nitrogen and oxygen atoms in total. The van der Waals surface area contributed by atoms with Gasteiger partial charge in [0.1, 0.15) is 5.82 Å². The van der Waals surface area contributed by atoms with Crippen LogP contribution >= 0.6 is 35.6 Å². The minimum absolute atomic E-state index is 0. The van der Waals surface area contributed by atoms with E-state index in [2.05, 4.69) is 48.7 Å². The van der Waals surface area contributed by atoms with Crippen molar-refractivity contribution in [2.45, 2.75) is 33.2 Å². The van der Waals surface area contributed by atoms with Crippen molar-refractivity contribution in [1.82, 2.24) is 19.8 Å². The molecule has 8 heteroatoms. The van der Waals surface area contributed by atoms with E-state index in [-0.39, 0.29) is 24.0 Å². The number of anilines is 1. The highest BCUT2D eigenvalue weighted by Gasteiger charge is 2.20. The molecule has 1 N–H and O–H groups in total. The number of hydrogen-bond acceptors (Lipinski definition) is 3. The molecule has 0 aliphatic carbocycles. The molecular formula is C21H32ClIN6. The normalized spacial score (nSPS) is 14.7. The van der Waals surface area contributed by atoms with E-state index in [9.17, 15) is 0 Å². The van der Waals surface area contributed by atoms with Gasteiger partial charge in [-0.1, -0.05) is 17.7 Å². The molecule has 1 aromatic carbocycles. The quantitative estimate of drug-likeness (QED) is 0.266. The zero-order chi connectivity index (χ0) is 19.9. The van der Waals surface area contributed by atoms with E-state index in [1.54, 1.807) is 0 Å². The number of hydrogen-bond donors (Lipinski definition) is 1. The first-order valence-corrected chi connectivity index (χ1v) is 10.4. The molecule has 1 fully saturated rings. The number of unbranched alkanes of at least 4 members (excludes halogenated alkanes) is 1. The van der Waals surface area contributed by atoms with Crippen LogP contribution in [0.5, 0.6) is 0 Å². The highest BCUT2D eigenvalue weighted by atomic mass is 127. The zero-order valence-corrected chi connectivity index (χ0v) is 20.7. The Morgan fingerprint density at radius 3 is 2.59 bits per heavy atom. The van der Waals surface area contributed by atoms with Crippen LogP contribution in [0.3, 0.4) is 0 Å². The topological polar surface area (TPSA) is 48.7 Å². The predicted octanol–water partition coefficient (Wildman–Crippen LogP) is 3.95. The molecular weight excluding hydrogens is 499 g/mol. The summed E-state index contributed by atoms with van der Waals surface area (Å²) in [5.41, 5.74) is 2.51. The van der Waals surface area contributed by atoms with Gasteiger partial charge >= 0.3 is 0 Å². The summed E-state index contributed by atoms with van der Waals surface area (Å²) in [6.07, 6.45) is 6.14. The lowest BCUT2D eigenvalue weighted by Crippen LogP contribution is -2.52. The summed E-state index contributed by atoms with van der Waals surface area (Å²) in [6, 6.07) is 6.12. The fourth-order valence-electron chi connectivity index (χ4n) is 3.66. The maximum atomic E-state index is 6.19. The number of rotatable bonds is 6. The number of imidazole rings is 1. The molecule has 0 saturated carbocycles. The molecule has 0 amide bonds. The fraction of sp³-hybridized carbons (Fsp3) is 0.524. The Bertz CT molecular complexity index is 798.